The number of amides is 1. The summed E-state index contributed by atoms with van der Waals surface area (Å²) in [7, 11) is 0. The number of carbonyl (C=O) groups excluding carboxylic acids is 1. The van der Waals surface area contributed by atoms with Crippen molar-refractivity contribution in [3.8, 4) is 5.88 Å². The Kier molecular flexibility index (Phi) is 6.41. The van der Waals surface area contributed by atoms with Crippen molar-refractivity contribution in [2.75, 3.05) is 13.1 Å². The first-order chi connectivity index (χ1) is 9.78. The van der Waals surface area contributed by atoms with E-state index in [2.05, 4.69) is 10.3 Å². The molecule has 0 saturated carbocycles. The van der Waals surface area contributed by atoms with Gasteiger partial charge in [0.05, 0.1) is 19.2 Å². The third-order valence-electron chi connectivity index (χ3n) is 2.28. The van der Waals surface area contributed by atoms with Gasteiger partial charge in [0.15, 0.2) is 0 Å². The highest BCUT2D eigenvalue weighted by Crippen LogP contribution is 2.15. The van der Waals surface area contributed by atoms with Crippen LogP contribution in [0, 0.1) is 0 Å². The third kappa shape index (κ3) is 7.50. The number of hydrogen-bond donors (Lipinski definition) is 2. The number of halogens is 3. The minimum absolute atomic E-state index is 0.0668. The summed E-state index contributed by atoms with van der Waals surface area (Å²) in [6, 6.07) is 3.42. The van der Waals surface area contributed by atoms with Crippen molar-refractivity contribution < 1.29 is 22.7 Å². The van der Waals surface area contributed by atoms with Crippen LogP contribution in [0.1, 0.15) is 19.4 Å². The molecule has 1 amide bonds. The fourth-order valence-electron chi connectivity index (χ4n) is 1.46. The summed E-state index contributed by atoms with van der Waals surface area (Å²) in [4.78, 5) is 15.5. The molecule has 1 rings (SSSR count). The highest BCUT2D eigenvalue weighted by molar-refractivity contribution is 5.78. The first-order valence-electron chi connectivity index (χ1n) is 6.42. The summed E-state index contributed by atoms with van der Waals surface area (Å²) in [5.74, 6) is -0.130. The van der Waals surface area contributed by atoms with Gasteiger partial charge in [-0.3, -0.25) is 4.79 Å². The number of ether oxygens (including phenoxy) is 1. The van der Waals surface area contributed by atoms with E-state index in [1.807, 2.05) is 19.2 Å². The predicted molar refractivity (Wildman–Crippen MR) is 70.8 cm³/mol. The van der Waals surface area contributed by atoms with Crippen molar-refractivity contribution in [2.24, 2.45) is 0 Å². The molecule has 5 nitrogen and oxygen atoms in total. The Bertz CT molecular complexity index is 464. The number of hydrogen-bond acceptors (Lipinski definition) is 4. The molecule has 8 heteroatoms. The molecule has 2 N–H and O–H groups in total. The van der Waals surface area contributed by atoms with Crippen molar-refractivity contribution >= 4 is 5.91 Å². The topological polar surface area (TPSA) is 63.2 Å². The molecule has 0 aliphatic rings. The van der Waals surface area contributed by atoms with E-state index < -0.39 is 25.2 Å². The molecule has 0 spiro atoms. The van der Waals surface area contributed by atoms with Crippen LogP contribution in [0.2, 0.25) is 0 Å². The Morgan fingerprint density at radius 2 is 2.14 bits per heavy atom. The lowest BCUT2D eigenvalue weighted by molar-refractivity contribution is -0.128. The molecule has 0 aliphatic heterocycles. The first-order valence-corrected chi connectivity index (χ1v) is 6.42. The van der Waals surface area contributed by atoms with Crippen molar-refractivity contribution in [1.29, 1.82) is 0 Å². The molecule has 0 fully saturated rings. The summed E-state index contributed by atoms with van der Waals surface area (Å²) in [5, 5.41) is 4.53. The van der Waals surface area contributed by atoms with E-state index in [9.17, 15) is 18.0 Å². The molecule has 0 bridgehead atoms. The summed E-state index contributed by atoms with van der Waals surface area (Å²) in [6.07, 6.45) is -2.83. The molecule has 21 heavy (non-hydrogen) atoms. The summed E-state index contributed by atoms with van der Waals surface area (Å²) in [5.41, 5.74) is 0.662. The SMILES string of the molecule is CC(C)Oc1ncccc1CNC(=O)CNCC(F)(F)F. The van der Waals surface area contributed by atoms with Gasteiger partial charge < -0.3 is 15.4 Å². The van der Waals surface area contributed by atoms with Gasteiger partial charge in [0.1, 0.15) is 0 Å². The number of rotatable bonds is 7. The van der Waals surface area contributed by atoms with E-state index >= 15 is 0 Å². The number of carbonyl (C=O) groups is 1. The lowest BCUT2D eigenvalue weighted by Crippen LogP contribution is -2.38. The monoisotopic (exact) mass is 305 g/mol. The largest absolute Gasteiger partial charge is 0.475 e. The fraction of sp³-hybridized carbons (Fsp3) is 0.538. The maximum absolute atomic E-state index is 11.9. The van der Waals surface area contributed by atoms with Gasteiger partial charge in [-0.25, -0.2) is 4.98 Å². The molecular weight excluding hydrogens is 287 g/mol. The maximum Gasteiger partial charge on any atom is 0.401 e. The Morgan fingerprint density at radius 1 is 1.43 bits per heavy atom. The zero-order valence-corrected chi connectivity index (χ0v) is 11.8. The van der Waals surface area contributed by atoms with Gasteiger partial charge in [-0.1, -0.05) is 6.07 Å². The van der Waals surface area contributed by atoms with Crippen LogP contribution in [0.15, 0.2) is 18.3 Å². The smallest absolute Gasteiger partial charge is 0.401 e. The summed E-state index contributed by atoms with van der Waals surface area (Å²) in [6.45, 7) is 2.23. The van der Waals surface area contributed by atoms with Crippen LogP contribution in [-0.4, -0.2) is 36.3 Å². The van der Waals surface area contributed by atoms with Crippen LogP contribution in [0.4, 0.5) is 13.2 Å². The number of aromatic nitrogens is 1. The average molecular weight is 305 g/mol. The number of nitrogens with zero attached hydrogens (tertiary/aromatic N) is 1. The van der Waals surface area contributed by atoms with Gasteiger partial charge in [-0.2, -0.15) is 13.2 Å². The fourth-order valence-corrected chi connectivity index (χ4v) is 1.46. The molecule has 0 aromatic carbocycles. The lowest BCUT2D eigenvalue weighted by atomic mass is 10.2. The highest BCUT2D eigenvalue weighted by atomic mass is 19.4. The number of pyridine rings is 1. The zero-order valence-electron chi connectivity index (χ0n) is 11.8. The Labute approximate surface area is 120 Å². The Balaban J connectivity index is 2.42. The van der Waals surface area contributed by atoms with Gasteiger partial charge in [-0.15, -0.1) is 0 Å². The lowest BCUT2D eigenvalue weighted by Gasteiger charge is -2.13. The Hall–Kier alpha value is -1.83. The molecule has 1 heterocycles. The maximum atomic E-state index is 11.9. The summed E-state index contributed by atoms with van der Waals surface area (Å²) < 4.78 is 41.2. The van der Waals surface area contributed by atoms with E-state index in [1.165, 1.54) is 0 Å². The average Bonchev–Trinajstić information content (AvgIpc) is 2.35. The van der Waals surface area contributed by atoms with Gasteiger partial charge in [0.2, 0.25) is 11.8 Å². The second-order valence-electron chi connectivity index (χ2n) is 4.63. The molecule has 0 atom stereocenters. The Morgan fingerprint density at radius 3 is 2.76 bits per heavy atom. The van der Waals surface area contributed by atoms with Crippen molar-refractivity contribution in [3.05, 3.63) is 23.9 Å². The third-order valence-corrected chi connectivity index (χ3v) is 2.28. The second-order valence-corrected chi connectivity index (χ2v) is 4.63. The van der Waals surface area contributed by atoms with Crippen LogP contribution < -0.4 is 15.4 Å². The second kappa shape index (κ2) is 7.82. The minimum atomic E-state index is -4.33. The van der Waals surface area contributed by atoms with Gasteiger partial charge in [-0.05, 0) is 19.9 Å². The van der Waals surface area contributed by atoms with Gasteiger partial charge in [0.25, 0.3) is 0 Å². The van der Waals surface area contributed by atoms with Gasteiger partial charge in [0, 0.05) is 18.3 Å². The van der Waals surface area contributed by atoms with Gasteiger partial charge >= 0.3 is 6.18 Å². The quantitative estimate of drug-likeness (QED) is 0.804. The predicted octanol–water partition coefficient (Wildman–Crippen LogP) is 1.64. The van der Waals surface area contributed by atoms with E-state index in [4.69, 9.17) is 4.74 Å². The number of nitrogens with one attached hydrogen (secondary N) is 2. The molecule has 1 aromatic heterocycles. The van der Waals surface area contributed by atoms with Crippen LogP contribution in [-0.2, 0) is 11.3 Å². The number of alkyl halides is 3. The molecule has 0 aliphatic carbocycles. The normalized spacial score (nSPS) is 11.5. The van der Waals surface area contributed by atoms with Crippen LogP contribution in [0.5, 0.6) is 5.88 Å². The molecule has 0 unspecified atom stereocenters. The minimum Gasteiger partial charge on any atom is -0.475 e. The molecule has 118 valence electrons. The van der Waals surface area contributed by atoms with Crippen molar-refractivity contribution in [1.82, 2.24) is 15.6 Å². The van der Waals surface area contributed by atoms with Crippen LogP contribution >= 0.6 is 0 Å². The van der Waals surface area contributed by atoms with E-state index in [0.717, 1.165) is 0 Å². The van der Waals surface area contributed by atoms with Crippen LogP contribution in [0.3, 0.4) is 0 Å². The van der Waals surface area contributed by atoms with E-state index in [0.29, 0.717) is 11.4 Å². The standard InChI is InChI=1S/C13H18F3N3O2/c1-9(2)21-12-10(4-3-5-18-12)6-19-11(20)7-17-8-13(14,15)16/h3-5,9,17H,6-8H2,1-2H3,(H,19,20). The zero-order chi connectivity index (χ0) is 15.9. The molecule has 1 aromatic rings. The molecule has 0 saturated heterocycles. The molecule has 0 radical (unpaired) electrons. The summed E-state index contributed by atoms with van der Waals surface area (Å²) >= 11 is 0. The van der Waals surface area contributed by atoms with E-state index in [-0.39, 0.29) is 12.6 Å². The first kappa shape index (κ1) is 17.2. The van der Waals surface area contributed by atoms with Crippen molar-refractivity contribution in [2.45, 2.75) is 32.7 Å². The highest BCUT2D eigenvalue weighted by Gasteiger charge is 2.26. The van der Waals surface area contributed by atoms with E-state index in [1.54, 1.807) is 18.3 Å². The molecular formula is C13H18F3N3O2. The van der Waals surface area contributed by atoms with Crippen molar-refractivity contribution in [3.63, 3.8) is 0 Å². The van der Waals surface area contributed by atoms with Crippen LogP contribution in [0.25, 0.3) is 0 Å².